The number of hydrogen-bond acceptors (Lipinski definition) is 3. The number of likely N-dealkylation sites (tertiary alicyclic amines) is 1. The number of benzene rings is 1. The largest absolute Gasteiger partial charge is 0.389 e. The highest BCUT2D eigenvalue weighted by atomic mass is 16.5. The normalized spacial score (nSPS) is 30.8. The second kappa shape index (κ2) is 7.61. The van der Waals surface area contributed by atoms with Crippen LogP contribution in [0.25, 0.3) is 6.08 Å². The molecule has 3 rings (SSSR count). The standard InChI is InChI=1S/C20H29NO2/c1-17-16-21(12-5-8-18-6-3-2-4-7-18)13-11-20(17,22)19-9-14-23-15-10-19/h2-8,17,19,22H,9-16H2,1H3/b8-5+/t17-,20+/m1/s1. The summed E-state index contributed by atoms with van der Waals surface area (Å²) in [5, 5.41) is 11.2. The fourth-order valence-corrected chi connectivity index (χ4v) is 4.09. The summed E-state index contributed by atoms with van der Waals surface area (Å²) >= 11 is 0. The Morgan fingerprint density at radius 1 is 1.26 bits per heavy atom. The van der Waals surface area contributed by atoms with Crippen molar-refractivity contribution in [1.82, 2.24) is 4.90 Å². The molecule has 1 N–H and O–H groups in total. The maximum Gasteiger partial charge on any atom is 0.0727 e. The van der Waals surface area contributed by atoms with Gasteiger partial charge in [-0.05, 0) is 36.7 Å². The molecule has 1 aromatic rings. The van der Waals surface area contributed by atoms with Crippen LogP contribution in [0, 0.1) is 11.8 Å². The Hall–Kier alpha value is -1.16. The fraction of sp³-hybridized carbons (Fsp3) is 0.600. The Kier molecular flexibility index (Phi) is 5.52. The summed E-state index contributed by atoms with van der Waals surface area (Å²) in [6.07, 6.45) is 7.33. The van der Waals surface area contributed by atoms with E-state index in [0.29, 0.717) is 11.8 Å². The zero-order valence-electron chi connectivity index (χ0n) is 14.2. The smallest absolute Gasteiger partial charge is 0.0727 e. The second-order valence-electron chi connectivity index (χ2n) is 7.10. The van der Waals surface area contributed by atoms with Crippen molar-refractivity contribution in [3.8, 4) is 0 Å². The lowest BCUT2D eigenvalue weighted by Gasteiger charge is -2.48. The van der Waals surface area contributed by atoms with E-state index in [9.17, 15) is 5.11 Å². The molecule has 2 atom stereocenters. The summed E-state index contributed by atoms with van der Waals surface area (Å²) in [6, 6.07) is 10.4. The third-order valence-electron chi connectivity index (χ3n) is 5.62. The molecule has 3 heteroatoms. The molecule has 3 nitrogen and oxygen atoms in total. The summed E-state index contributed by atoms with van der Waals surface area (Å²) in [7, 11) is 0. The SMILES string of the molecule is C[C@@H]1CN(C/C=C/c2ccccc2)CC[C@@]1(O)C1CCOCC1. The quantitative estimate of drug-likeness (QED) is 0.926. The molecule has 0 saturated carbocycles. The topological polar surface area (TPSA) is 32.7 Å². The van der Waals surface area contributed by atoms with Crippen molar-refractivity contribution in [3.63, 3.8) is 0 Å². The minimum absolute atomic E-state index is 0.324. The van der Waals surface area contributed by atoms with Crippen molar-refractivity contribution < 1.29 is 9.84 Å². The van der Waals surface area contributed by atoms with Crippen LogP contribution in [0.4, 0.5) is 0 Å². The third-order valence-corrected chi connectivity index (χ3v) is 5.62. The van der Waals surface area contributed by atoms with Crippen LogP contribution in [-0.2, 0) is 4.74 Å². The first-order valence-electron chi connectivity index (χ1n) is 8.92. The van der Waals surface area contributed by atoms with Gasteiger partial charge in [0.05, 0.1) is 5.60 Å². The lowest BCUT2D eigenvalue weighted by Crippen LogP contribution is -2.55. The van der Waals surface area contributed by atoms with E-state index in [1.807, 2.05) is 6.07 Å². The van der Waals surface area contributed by atoms with E-state index in [0.717, 1.165) is 52.1 Å². The highest BCUT2D eigenvalue weighted by Gasteiger charge is 2.44. The molecular formula is C20H29NO2. The van der Waals surface area contributed by atoms with Crippen LogP contribution in [0.3, 0.4) is 0 Å². The van der Waals surface area contributed by atoms with Gasteiger partial charge in [-0.3, -0.25) is 4.90 Å². The van der Waals surface area contributed by atoms with Crippen LogP contribution in [0.1, 0.15) is 31.7 Å². The summed E-state index contributed by atoms with van der Waals surface area (Å²) in [6.45, 7) is 6.75. The maximum atomic E-state index is 11.2. The average Bonchev–Trinajstić information content (AvgIpc) is 2.60. The van der Waals surface area contributed by atoms with Gasteiger partial charge in [0.2, 0.25) is 0 Å². The molecule has 0 unspecified atom stereocenters. The van der Waals surface area contributed by atoms with E-state index in [2.05, 4.69) is 48.2 Å². The molecule has 2 fully saturated rings. The monoisotopic (exact) mass is 315 g/mol. The molecule has 2 heterocycles. The van der Waals surface area contributed by atoms with E-state index in [4.69, 9.17) is 4.74 Å². The van der Waals surface area contributed by atoms with E-state index in [1.54, 1.807) is 0 Å². The first-order chi connectivity index (χ1) is 11.2. The predicted molar refractivity (Wildman–Crippen MR) is 94.2 cm³/mol. The first kappa shape index (κ1) is 16.7. The van der Waals surface area contributed by atoms with Crippen LogP contribution in [0.5, 0.6) is 0 Å². The van der Waals surface area contributed by atoms with E-state index >= 15 is 0 Å². The van der Waals surface area contributed by atoms with Gasteiger partial charge in [0.1, 0.15) is 0 Å². The lowest BCUT2D eigenvalue weighted by atomic mass is 9.70. The first-order valence-corrected chi connectivity index (χ1v) is 8.92. The van der Waals surface area contributed by atoms with E-state index in [-0.39, 0.29) is 0 Å². The molecule has 0 bridgehead atoms. The number of piperidine rings is 1. The molecule has 0 amide bonds. The van der Waals surface area contributed by atoms with Gasteiger partial charge in [-0.1, -0.05) is 49.4 Å². The molecule has 2 aliphatic heterocycles. The van der Waals surface area contributed by atoms with Gasteiger partial charge >= 0.3 is 0 Å². The van der Waals surface area contributed by atoms with Gasteiger partial charge in [0, 0.05) is 32.8 Å². The maximum absolute atomic E-state index is 11.2. The van der Waals surface area contributed by atoms with Crippen LogP contribution >= 0.6 is 0 Å². The highest BCUT2D eigenvalue weighted by Crippen LogP contribution is 2.39. The molecule has 126 valence electrons. The summed E-state index contributed by atoms with van der Waals surface area (Å²) in [5.41, 5.74) is 0.750. The molecule has 0 aliphatic carbocycles. The summed E-state index contributed by atoms with van der Waals surface area (Å²) in [4.78, 5) is 2.46. The van der Waals surface area contributed by atoms with Gasteiger partial charge in [0.15, 0.2) is 0 Å². The van der Waals surface area contributed by atoms with Gasteiger partial charge in [0.25, 0.3) is 0 Å². The van der Waals surface area contributed by atoms with Crippen molar-refractivity contribution in [3.05, 3.63) is 42.0 Å². The fourth-order valence-electron chi connectivity index (χ4n) is 4.09. The molecule has 1 aromatic carbocycles. The Morgan fingerprint density at radius 3 is 2.70 bits per heavy atom. The molecule has 0 radical (unpaired) electrons. The number of hydrogen-bond donors (Lipinski definition) is 1. The number of ether oxygens (including phenoxy) is 1. The molecule has 23 heavy (non-hydrogen) atoms. The van der Waals surface area contributed by atoms with Gasteiger partial charge in [-0.15, -0.1) is 0 Å². The lowest BCUT2D eigenvalue weighted by molar-refractivity contribution is -0.129. The number of rotatable bonds is 4. The van der Waals surface area contributed by atoms with Crippen LogP contribution < -0.4 is 0 Å². The third kappa shape index (κ3) is 4.03. The Bertz CT molecular complexity index is 510. The zero-order valence-corrected chi connectivity index (χ0v) is 14.2. The highest BCUT2D eigenvalue weighted by molar-refractivity contribution is 5.48. The van der Waals surface area contributed by atoms with Crippen molar-refractivity contribution in [2.75, 3.05) is 32.8 Å². The zero-order chi connectivity index (χ0) is 16.1. The molecule has 0 aromatic heterocycles. The van der Waals surface area contributed by atoms with Crippen LogP contribution in [0.2, 0.25) is 0 Å². The van der Waals surface area contributed by atoms with Crippen molar-refractivity contribution in [1.29, 1.82) is 0 Å². The van der Waals surface area contributed by atoms with Gasteiger partial charge in [-0.2, -0.15) is 0 Å². The van der Waals surface area contributed by atoms with Crippen molar-refractivity contribution >= 4 is 6.08 Å². The molecule has 0 spiro atoms. The predicted octanol–water partition coefficient (Wildman–Crippen LogP) is 3.20. The second-order valence-corrected chi connectivity index (χ2v) is 7.10. The van der Waals surface area contributed by atoms with Crippen LogP contribution in [-0.4, -0.2) is 48.5 Å². The molecule has 2 aliphatic rings. The Morgan fingerprint density at radius 2 is 2.00 bits per heavy atom. The summed E-state index contributed by atoms with van der Waals surface area (Å²) in [5.74, 6) is 0.734. The van der Waals surface area contributed by atoms with Gasteiger partial charge in [-0.25, -0.2) is 0 Å². The van der Waals surface area contributed by atoms with Crippen molar-refractivity contribution in [2.24, 2.45) is 11.8 Å². The molecular weight excluding hydrogens is 286 g/mol. The van der Waals surface area contributed by atoms with Crippen molar-refractivity contribution in [2.45, 2.75) is 31.8 Å². The average molecular weight is 315 g/mol. The number of nitrogens with zero attached hydrogens (tertiary/aromatic N) is 1. The molecule has 2 saturated heterocycles. The Labute approximate surface area is 140 Å². The number of aliphatic hydroxyl groups is 1. The Balaban J connectivity index is 1.53. The van der Waals surface area contributed by atoms with E-state index < -0.39 is 5.60 Å². The van der Waals surface area contributed by atoms with Gasteiger partial charge < -0.3 is 9.84 Å². The minimum Gasteiger partial charge on any atom is -0.389 e. The van der Waals surface area contributed by atoms with Crippen LogP contribution in [0.15, 0.2) is 36.4 Å². The summed E-state index contributed by atoms with van der Waals surface area (Å²) < 4.78 is 5.46. The minimum atomic E-state index is -0.497. The van der Waals surface area contributed by atoms with E-state index in [1.165, 1.54) is 5.56 Å².